The van der Waals surface area contributed by atoms with Gasteiger partial charge in [-0.05, 0) is 60.3 Å². The summed E-state index contributed by atoms with van der Waals surface area (Å²) < 4.78 is 5.25. The number of piperidine rings is 1. The maximum atomic E-state index is 5.63. The Kier molecular flexibility index (Phi) is 8.66. The van der Waals surface area contributed by atoms with Crippen molar-refractivity contribution in [2.24, 2.45) is 11.8 Å². The van der Waals surface area contributed by atoms with Crippen molar-refractivity contribution < 1.29 is 4.74 Å². The maximum Gasteiger partial charge on any atom is 0.232 e. The van der Waals surface area contributed by atoms with Crippen LogP contribution in [0.2, 0.25) is 0 Å². The smallest absolute Gasteiger partial charge is 0.232 e. The van der Waals surface area contributed by atoms with Gasteiger partial charge in [-0.25, -0.2) is 0 Å². The van der Waals surface area contributed by atoms with E-state index in [1.807, 2.05) is 24.3 Å². The minimum Gasteiger partial charge on any atom is -0.497 e. The number of anilines is 4. The molecule has 0 bridgehead atoms. The summed E-state index contributed by atoms with van der Waals surface area (Å²) in [7, 11) is 1.67. The van der Waals surface area contributed by atoms with Gasteiger partial charge in [-0.3, -0.25) is 0 Å². The van der Waals surface area contributed by atoms with E-state index in [0.29, 0.717) is 29.4 Å². The molecule has 0 aliphatic carbocycles. The molecule has 9 heteroatoms. The molecule has 0 amide bonds. The standard InChI is InChI=1S/C30H39N7OS/c1-22-17-23(2)21-37(20-22)28-18-27(36-15-13-35(14-16-36)25-7-5-4-6-8-25)32-29(33-28)34-30(39)31-19-24-9-11-26(38-3)12-10-24/h4-12,18,22-23H,13-17,19-21H2,1-3H3,(H2,31,32,33,34,39)/t22-,23-/m0/s1. The van der Waals surface area contributed by atoms with E-state index in [9.17, 15) is 0 Å². The van der Waals surface area contributed by atoms with Crippen molar-refractivity contribution in [3.63, 3.8) is 0 Å². The van der Waals surface area contributed by atoms with Crippen LogP contribution in [-0.2, 0) is 6.54 Å². The molecule has 2 aliphatic heterocycles. The third kappa shape index (κ3) is 7.09. The summed E-state index contributed by atoms with van der Waals surface area (Å²) in [5.74, 6) is 4.54. The average molecular weight is 546 g/mol. The lowest BCUT2D eigenvalue weighted by molar-refractivity contribution is 0.355. The number of nitrogens with one attached hydrogen (secondary N) is 2. The van der Waals surface area contributed by atoms with Crippen LogP contribution in [0.4, 0.5) is 23.3 Å². The summed E-state index contributed by atoms with van der Waals surface area (Å²) >= 11 is 5.63. The molecule has 5 rings (SSSR count). The molecular formula is C30H39N7OS. The van der Waals surface area contributed by atoms with Crippen molar-refractivity contribution in [1.82, 2.24) is 15.3 Å². The Hall–Kier alpha value is -3.59. The Labute approximate surface area is 237 Å². The Bertz CT molecular complexity index is 1220. The van der Waals surface area contributed by atoms with Crippen LogP contribution in [0, 0.1) is 11.8 Å². The van der Waals surface area contributed by atoms with Crippen LogP contribution in [0.15, 0.2) is 60.7 Å². The Balaban J connectivity index is 1.30. The molecule has 1 aromatic heterocycles. The second-order valence-corrected chi connectivity index (χ2v) is 11.1. The SMILES string of the molecule is COc1ccc(CNC(=S)Nc2nc(N3CCN(c4ccccc4)CC3)cc(N3C[C@@H](C)C[C@H](C)C3)n2)cc1. The summed E-state index contributed by atoms with van der Waals surface area (Å²) in [6, 6.07) is 20.7. The zero-order valence-corrected chi connectivity index (χ0v) is 24.0. The van der Waals surface area contributed by atoms with Gasteiger partial charge in [0.25, 0.3) is 0 Å². The molecule has 3 heterocycles. The molecule has 2 N–H and O–H groups in total. The molecule has 2 fully saturated rings. The highest BCUT2D eigenvalue weighted by Crippen LogP contribution is 2.29. The van der Waals surface area contributed by atoms with Crippen LogP contribution in [0.3, 0.4) is 0 Å². The van der Waals surface area contributed by atoms with Crippen LogP contribution < -0.4 is 30.1 Å². The number of methoxy groups -OCH3 is 1. The quantitative estimate of drug-likeness (QED) is 0.408. The van der Waals surface area contributed by atoms with Gasteiger partial charge in [-0.2, -0.15) is 9.97 Å². The summed E-state index contributed by atoms with van der Waals surface area (Å²) in [4.78, 5) is 17.0. The predicted octanol–water partition coefficient (Wildman–Crippen LogP) is 4.78. The number of thiocarbonyl (C=S) groups is 1. The number of hydrogen-bond donors (Lipinski definition) is 2. The monoisotopic (exact) mass is 545 g/mol. The van der Waals surface area contributed by atoms with Gasteiger partial charge >= 0.3 is 0 Å². The van der Waals surface area contributed by atoms with Crippen LogP contribution >= 0.6 is 12.2 Å². The van der Waals surface area contributed by atoms with E-state index in [-0.39, 0.29) is 0 Å². The fourth-order valence-corrected chi connectivity index (χ4v) is 5.72. The fourth-order valence-electron chi connectivity index (χ4n) is 5.56. The van der Waals surface area contributed by atoms with E-state index in [1.54, 1.807) is 7.11 Å². The molecule has 0 saturated carbocycles. The first-order chi connectivity index (χ1) is 19.0. The van der Waals surface area contributed by atoms with Gasteiger partial charge in [0.1, 0.15) is 17.4 Å². The summed E-state index contributed by atoms with van der Waals surface area (Å²) in [5, 5.41) is 7.05. The number of benzene rings is 2. The second-order valence-electron chi connectivity index (χ2n) is 10.7. The predicted molar refractivity (Wildman–Crippen MR) is 164 cm³/mol. The van der Waals surface area contributed by atoms with Gasteiger partial charge in [0.2, 0.25) is 5.95 Å². The Morgan fingerprint density at radius 2 is 1.49 bits per heavy atom. The highest BCUT2D eigenvalue weighted by molar-refractivity contribution is 7.80. The van der Waals surface area contributed by atoms with E-state index in [4.69, 9.17) is 26.9 Å². The Morgan fingerprint density at radius 1 is 0.872 bits per heavy atom. The number of para-hydroxylation sites is 1. The van der Waals surface area contributed by atoms with Crippen LogP contribution in [0.5, 0.6) is 5.75 Å². The highest BCUT2D eigenvalue weighted by Gasteiger charge is 2.25. The Morgan fingerprint density at radius 3 is 2.13 bits per heavy atom. The number of rotatable bonds is 7. The minimum absolute atomic E-state index is 0.503. The zero-order chi connectivity index (χ0) is 27.2. The first-order valence-corrected chi connectivity index (χ1v) is 14.2. The molecule has 2 saturated heterocycles. The molecule has 39 heavy (non-hydrogen) atoms. The lowest BCUT2D eigenvalue weighted by Gasteiger charge is -2.38. The van der Waals surface area contributed by atoms with Crippen molar-refractivity contribution in [1.29, 1.82) is 0 Å². The topological polar surface area (TPSA) is 68.8 Å². The molecule has 3 aromatic rings. The van der Waals surface area contributed by atoms with Gasteiger partial charge in [0.15, 0.2) is 5.11 Å². The lowest BCUT2D eigenvalue weighted by atomic mass is 9.92. The molecule has 0 radical (unpaired) electrons. The van der Waals surface area contributed by atoms with Crippen molar-refractivity contribution in [2.75, 3.05) is 66.4 Å². The number of piperazine rings is 1. The third-order valence-corrected chi connectivity index (χ3v) is 7.70. The van der Waals surface area contributed by atoms with Crippen molar-refractivity contribution in [2.45, 2.75) is 26.8 Å². The molecule has 2 aromatic carbocycles. The summed E-state index contributed by atoms with van der Waals surface area (Å²) in [6.45, 7) is 11.0. The molecule has 0 spiro atoms. The number of nitrogens with zero attached hydrogens (tertiary/aromatic N) is 5. The number of ether oxygens (including phenoxy) is 1. The summed E-state index contributed by atoms with van der Waals surface area (Å²) in [6.07, 6.45) is 1.25. The molecule has 2 atom stereocenters. The van der Waals surface area contributed by atoms with E-state index in [0.717, 1.165) is 62.2 Å². The summed E-state index contributed by atoms with van der Waals surface area (Å²) in [5.41, 5.74) is 2.38. The van der Waals surface area contributed by atoms with Crippen LogP contribution in [-0.4, -0.2) is 61.5 Å². The van der Waals surface area contributed by atoms with E-state index < -0.39 is 0 Å². The van der Waals surface area contributed by atoms with Crippen molar-refractivity contribution in [3.05, 3.63) is 66.2 Å². The fraction of sp³-hybridized carbons (Fsp3) is 0.433. The minimum atomic E-state index is 0.503. The van der Waals surface area contributed by atoms with Gasteiger partial charge < -0.3 is 30.1 Å². The molecule has 0 unspecified atom stereocenters. The van der Waals surface area contributed by atoms with E-state index in [2.05, 4.69) is 75.6 Å². The van der Waals surface area contributed by atoms with Gasteiger partial charge in [-0.1, -0.05) is 44.2 Å². The average Bonchev–Trinajstić information content (AvgIpc) is 2.96. The zero-order valence-electron chi connectivity index (χ0n) is 23.1. The van der Waals surface area contributed by atoms with Crippen LogP contribution in [0.1, 0.15) is 25.8 Å². The number of hydrogen-bond acceptors (Lipinski definition) is 7. The largest absolute Gasteiger partial charge is 0.497 e. The highest BCUT2D eigenvalue weighted by atomic mass is 32.1. The first-order valence-electron chi connectivity index (χ1n) is 13.8. The van der Waals surface area contributed by atoms with E-state index in [1.165, 1.54) is 12.1 Å². The maximum absolute atomic E-state index is 5.63. The molecular weight excluding hydrogens is 506 g/mol. The van der Waals surface area contributed by atoms with Gasteiger partial charge in [0.05, 0.1) is 7.11 Å². The van der Waals surface area contributed by atoms with Crippen molar-refractivity contribution >= 4 is 40.6 Å². The van der Waals surface area contributed by atoms with E-state index >= 15 is 0 Å². The molecule has 206 valence electrons. The second kappa shape index (κ2) is 12.5. The van der Waals surface area contributed by atoms with Crippen molar-refractivity contribution in [3.8, 4) is 5.75 Å². The van der Waals surface area contributed by atoms with Gasteiger partial charge in [0, 0.05) is 57.6 Å². The van der Waals surface area contributed by atoms with Gasteiger partial charge in [-0.15, -0.1) is 0 Å². The molecule has 8 nitrogen and oxygen atoms in total. The first kappa shape index (κ1) is 27.0. The van der Waals surface area contributed by atoms with Crippen LogP contribution in [0.25, 0.3) is 0 Å². The normalized spacial score (nSPS) is 19.5. The molecule has 2 aliphatic rings. The number of aromatic nitrogens is 2. The third-order valence-electron chi connectivity index (χ3n) is 7.45. The lowest BCUT2D eigenvalue weighted by Crippen LogP contribution is -2.47.